The largest absolute Gasteiger partial charge is 0.465 e. The van der Waals surface area contributed by atoms with Gasteiger partial charge in [-0.05, 0) is 67.8 Å². The first kappa shape index (κ1) is 15.8. The van der Waals surface area contributed by atoms with E-state index in [0.29, 0.717) is 5.92 Å². The number of nitrogens with one attached hydrogen (secondary N) is 3. The average Bonchev–Trinajstić information content (AvgIpc) is 3.11. The van der Waals surface area contributed by atoms with Crippen LogP contribution in [0.4, 0.5) is 5.69 Å². The summed E-state index contributed by atoms with van der Waals surface area (Å²) in [5.41, 5.74) is 4.58. The molecular formula is C20H23N3O2. The summed E-state index contributed by atoms with van der Waals surface area (Å²) < 4.78 is 10.4. The molecule has 2 aliphatic heterocycles. The number of hydrogen-bond donors (Lipinski definition) is 3. The van der Waals surface area contributed by atoms with E-state index in [1.54, 1.807) is 12.5 Å². The predicted octanol–water partition coefficient (Wildman–Crippen LogP) is 3.96. The van der Waals surface area contributed by atoms with Crippen molar-refractivity contribution in [3.8, 4) is 0 Å². The van der Waals surface area contributed by atoms with Crippen LogP contribution in [-0.4, -0.2) is 24.9 Å². The van der Waals surface area contributed by atoms with Gasteiger partial charge in [-0.25, -0.2) is 0 Å². The lowest BCUT2D eigenvalue weighted by molar-refractivity contribution is 0.0454. The number of fused-ring (bicyclic) bond motifs is 1. The molecule has 1 fully saturated rings. The summed E-state index contributed by atoms with van der Waals surface area (Å²) in [6.07, 6.45) is 13.5. The van der Waals surface area contributed by atoms with Crippen molar-refractivity contribution in [3.63, 3.8) is 0 Å². The summed E-state index contributed by atoms with van der Waals surface area (Å²) in [6, 6.07) is 6.49. The van der Waals surface area contributed by atoms with E-state index in [1.165, 1.54) is 29.3 Å². The Labute approximate surface area is 147 Å². The van der Waals surface area contributed by atoms with Crippen molar-refractivity contribution in [2.75, 3.05) is 25.2 Å². The normalized spacial score (nSPS) is 19.9. The number of aromatic nitrogens is 1. The SMILES string of the molecule is C1=COCO/C=C\C(Nc2ccc3c(C4CCNCC4)c[nH]c3c2)=C1. The molecule has 1 aromatic carbocycles. The second kappa shape index (κ2) is 7.49. The third-order valence-corrected chi connectivity index (χ3v) is 4.71. The van der Waals surface area contributed by atoms with Gasteiger partial charge in [0.05, 0.1) is 12.5 Å². The molecule has 0 bridgehead atoms. The maximum atomic E-state index is 5.22. The first-order valence-corrected chi connectivity index (χ1v) is 8.75. The Morgan fingerprint density at radius 2 is 1.96 bits per heavy atom. The van der Waals surface area contributed by atoms with Gasteiger partial charge < -0.3 is 25.1 Å². The topological polar surface area (TPSA) is 58.3 Å². The Balaban J connectivity index is 1.56. The van der Waals surface area contributed by atoms with Gasteiger partial charge >= 0.3 is 0 Å². The van der Waals surface area contributed by atoms with Crippen LogP contribution < -0.4 is 10.6 Å². The first-order chi connectivity index (χ1) is 12.4. The molecule has 0 aliphatic carbocycles. The fourth-order valence-electron chi connectivity index (χ4n) is 3.44. The summed E-state index contributed by atoms with van der Waals surface area (Å²) in [5, 5.41) is 8.18. The fraction of sp³-hybridized carbons (Fsp3) is 0.300. The van der Waals surface area contributed by atoms with Gasteiger partial charge in [0.1, 0.15) is 0 Å². The zero-order valence-corrected chi connectivity index (χ0v) is 14.1. The molecule has 0 unspecified atom stereocenters. The lowest BCUT2D eigenvalue weighted by atomic mass is 9.90. The number of benzene rings is 1. The number of anilines is 1. The highest BCUT2D eigenvalue weighted by Gasteiger charge is 2.18. The highest BCUT2D eigenvalue weighted by Crippen LogP contribution is 2.32. The Bertz CT molecular complexity index is 813. The zero-order valence-electron chi connectivity index (χ0n) is 14.1. The van der Waals surface area contributed by atoms with Crippen LogP contribution in [0.15, 0.2) is 60.8 Å². The van der Waals surface area contributed by atoms with E-state index in [1.807, 2.05) is 18.2 Å². The van der Waals surface area contributed by atoms with Crippen molar-refractivity contribution in [3.05, 3.63) is 66.4 Å². The minimum Gasteiger partial charge on any atom is -0.465 e. The second-order valence-corrected chi connectivity index (χ2v) is 6.36. The fourth-order valence-corrected chi connectivity index (χ4v) is 3.44. The lowest BCUT2D eigenvalue weighted by Crippen LogP contribution is -2.26. The third-order valence-electron chi connectivity index (χ3n) is 4.71. The molecule has 2 aliphatic rings. The number of H-pyrrole nitrogens is 1. The highest BCUT2D eigenvalue weighted by molar-refractivity contribution is 5.87. The van der Waals surface area contributed by atoms with Gasteiger partial charge in [-0.3, -0.25) is 0 Å². The van der Waals surface area contributed by atoms with Gasteiger partial charge in [0.25, 0.3) is 0 Å². The van der Waals surface area contributed by atoms with Crippen LogP contribution in [0.3, 0.4) is 0 Å². The van der Waals surface area contributed by atoms with Gasteiger partial charge in [0, 0.05) is 28.5 Å². The molecule has 0 spiro atoms. The third kappa shape index (κ3) is 3.72. The molecule has 130 valence electrons. The monoisotopic (exact) mass is 337 g/mol. The number of rotatable bonds is 3. The summed E-state index contributed by atoms with van der Waals surface area (Å²) in [4.78, 5) is 3.44. The molecule has 2 aromatic rings. The van der Waals surface area contributed by atoms with Crippen LogP contribution in [0, 0.1) is 0 Å². The molecule has 0 saturated carbocycles. The minimum atomic E-state index is 0.224. The molecule has 5 nitrogen and oxygen atoms in total. The van der Waals surface area contributed by atoms with Gasteiger partial charge in [0.2, 0.25) is 6.79 Å². The molecule has 0 amide bonds. The van der Waals surface area contributed by atoms with Crippen LogP contribution in [0.25, 0.3) is 10.9 Å². The van der Waals surface area contributed by atoms with Gasteiger partial charge in [-0.15, -0.1) is 0 Å². The van der Waals surface area contributed by atoms with Crippen molar-refractivity contribution in [1.29, 1.82) is 0 Å². The molecule has 3 heterocycles. The molecule has 25 heavy (non-hydrogen) atoms. The van der Waals surface area contributed by atoms with Crippen LogP contribution in [0.1, 0.15) is 24.3 Å². The summed E-state index contributed by atoms with van der Waals surface area (Å²) in [6.45, 7) is 2.44. The Kier molecular flexibility index (Phi) is 4.74. The van der Waals surface area contributed by atoms with Gasteiger partial charge in [0.15, 0.2) is 0 Å². The van der Waals surface area contributed by atoms with Gasteiger partial charge in [-0.1, -0.05) is 6.07 Å². The van der Waals surface area contributed by atoms with E-state index in [0.717, 1.165) is 24.5 Å². The number of hydrogen-bond acceptors (Lipinski definition) is 4. The highest BCUT2D eigenvalue weighted by atomic mass is 16.7. The zero-order chi connectivity index (χ0) is 16.9. The van der Waals surface area contributed by atoms with Crippen LogP contribution in [0.5, 0.6) is 0 Å². The van der Waals surface area contributed by atoms with Crippen LogP contribution >= 0.6 is 0 Å². The summed E-state index contributed by atoms with van der Waals surface area (Å²) >= 11 is 0. The minimum absolute atomic E-state index is 0.224. The molecular weight excluding hydrogens is 314 g/mol. The lowest BCUT2D eigenvalue weighted by Gasteiger charge is -2.22. The standard InChI is InChI=1S/C20H23N3O2/c1-2-16(7-11-25-14-24-10-1)23-17-3-4-18-19(13-22-20(18)12-17)15-5-8-21-9-6-15/h1-4,7,10-13,15,21-23H,5-6,8-9,14H2/b10-1?,11-7-,16-2?. The number of allylic oxidation sites excluding steroid dienone is 3. The molecule has 3 N–H and O–H groups in total. The Morgan fingerprint density at radius 3 is 2.88 bits per heavy atom. The Hall–Kier alpha value is -2.66. The van der Waals surface area contributed by atoms with E-state index in [2.05, 4.69) is 40.0 Å². The van der Waals surface area contributed by atoms with E-state index < -0.39 is 0 Å². The van der Waals surface area contributed by atoms with E-state index in [-0.39, 0.29) is 6.79 Å². The van der Waals surface area contributed by atoms with Crippen LogP contribution in [-0.2, 0) is 9.47 Å². The number of piperidine rings is 1. The molecule has 1 saturated heterocycles. The predicted molar refractivity (Wildman–Crippen MR) is 100 cm³/mol. The smallest absolute Gasteiger partial charge is 0.229 e. The molecule has 0 atom stereocenters. The van der Waals surface area contributed by atoms with Crippen molar-refractivity contribution in [2.45, 2.75) is 18.8 Å². The quantitative estimate of drug-likeness (QED) is 0.793. The first-order valence-electron chi connectivity index (χ1n) is 8.75. The molecule has 1 aromatic heterocycles. The summed E-state index contributed by atoms with van der Waals surface area (Å²) in [5.74, 6) is 0.649. The maximum absolute atomic E-state index is 5.22. The molecule has 5 heteroatoms. The Morgan fingerprint density at radius 1 is 1.08 bits per heavy atom. The van der Waals surface area contributed by atoms with Crippen LogP contribution in [0.2, 0.25) is 0 Å². The number of ether oxygens (including phenoxy) is 2. The summed E-state index contributed by atoms with van der Waals surface area (Å²) in [7, 11) is 0. The van der Waals surface area contributed by atoms with E-state index in [9.17, 15) is 0 Å². The maximum Gasteiger partial charge on any atom is 0.229 e. The van der Waals surface area contributed by atoms with Crippen molar-refractivity contribution in [1.82, 2.24) is 10.3 Å². The van der Waals surface area contributed by atoms with Crippen molar-refractivity contribution < 1.29 is 9.47 Å². The van der Waals surface area contributed by atoms with Crippen molar-refractivity contribution >= 4 is 16.6 Å². The van der Waals surface area contributed by atoms with E-state index in [4.69, 9.17) is 9.47 Å². The van der Waals surface area contributed by atoms with E-state index >= 15 is 0 Å². The van der Waals surface area contributed by atoms with Crippen molar-refractivity contribution in [2.24, 2.45) is 0 Å². The average molecular weight is 337 g/mol. The van der Waals surface area contributed by atoms with Gasteiger partial charge in [-0.2, -0.15) is 0 Å². The number of aromatic amines is 1. The second-order valence-electron chi connectivity index (χ2n) is 6.36. The molecule has 4 rings (SSSR count). The molecule has 0 radical (unpaired) electrons.